The van der Waals surface area contributed by atoms with Gasteiger partial charge in [-0.15, -0.1) is 0 Å². The molecule has 0 saturated heterocycles. The second-order valence-corrected chi connectivity index (χ2v) is 5.21. The Kier molecular flexibility index (Phi) is 2.54. The summed E-state index contributed by atoms with van der Waals surface area (Å²) in [5.74, 6) is 2.88. The standard InChI is InChI=1S/C13H19N3/c1-9-6-10(9)7-14-13-11-4-2-3-5-12(11)15-8-16-13/h8-10H,2-7H2,1H3,(H,14,15,16). The molecule has 1 aromatic rings. The molecule has 3 nitrogen and oxygen atoms in total. The van der Waals surface area contributed by atoms with Crippen molar-refractivity contribution in [1.29, 1.82) is 0 Å². The topological polar surface area (TPSA) is 37.8 Å². The van der Waals surface area contributed by atoms with Crippen LogP contribution in [0.15, 0.2) is 6.33 Å². The van der Waals surface area contributed by atoms with Crippen molar-refractivity contribution in [2.24, 2.45) is 11.8 Å². The number of aromatic nitrogens is 2. The Morgan fingerprint density at radius 1 is 1.31 bits per heavy atom. The van der Waals surface area contributed by atoms with E-state index in [1.54, 1.807) is 6.33 Å². The fourth-order valence-electron chi connectivity index (χ4n) is 2.58. The van der Waals surface area contributed by atoms with Gasteiger partial charge in [0, 0.05) is 17.8 Å². The summed E-state index contributed by atoms with van der Waals surface area (Å²) in [6, 6.07) is 0. The van der Waals surface area contributed by atoms with Crippen molar-refractivity contribution >= 4 is 5.82 Å². The van der Waals surface area contributed by atoms with E-state index in [9.17, 15) is 0 Å². The van der Waals surface area contributed by atoms with Crippen molar-refractivity contribution < 1.29 is 0 Å². The molecule has 0 aromatic carbocycles. The maximum atomic E-state index is 4.39. The van der Waals surface area contributed by atoms with Crippen LogP contribution in [0.3, 0.4) is 0 Å². The number of hydrogen-bond donors (Lipinski definition) is 1. The molecule has 2 atom stereocenters. The van der Waals surface area contributed by atoms with Gasteiger partial charge in [0.2, 0.25) is 0 Å². The van der Waals surface area contributed by atoms with Crippen molar-refractivity contribution in [3.05, 3.63) is 17.6 Å². The fourth-order valence-corrected chi connectivity index (χ4v) is 2.58. The Morgan fingerprint density at radius 3 is 2.94 bits per heavy atom. The van der Waals surface area contributed by atoms with Gasteiger partial charge in [0.05, 0.1) is 0 Å². The van der Waals surface area contributed by atoms with Crippen LogP contribution in [0.5, 0.6) is 0 Å². The lowest BCUT2D eigenvalue weighted by molar-refractivity contribution is 0.662. The van der Waals surface area contributed by atoms with E-state index in [1.165, 1.54) is 30.5 Å². The number of rotatable bonds is 3. The largest absolute Gasteiger partial charge is 0.369 e. The number of nitrogens with one attached hydrogen (secondary N) is 1. The average molecular weight is 217 g/mol. The van der Waals surface area contributed by atoms with E-state index < -0.39 is 0 Å². The Morgan fingerprint density at radius 2 is 2.12 bits per heavy atom. The Hall–Kier alpha value is -1.12. The molecule has 1 heterocycles. The normalized spacial score (nSPS) is 27.3. The van der Waals surface area contributed by atoms with Crippen molar-refractivity contribution in [3.63, 3.8) is 0 Å². The highest BCUT2D eigenvalue weighted by Crippen LogP contribution is 2.37. The van der Waals surface area contributed by atoms with Gasteiger partial charge in [-0.1, -0.05) is 6.92 Å². The minimum atomic E-state index is 0.870. The van der Waals surface area contributed by atoms with E-state index in [-0.39, 0.29) is 0 Å². The van der Waals surface area contributed by atoms with E-state index >= 15 is 0 Å². The Bertz CT molecular complexity index is 389. The maximum absolute atomic E-state index is 4.39. The molecule has 2 aliphatic carbocycles. The van der Waals surface area contributed by atoms with Gasteiger partial charge in [0.25, 0.3) is 0 Å². The minimum Gasteiger partial charge on any atom is -0.369 e. The lowest BCUT2D eigenvalue weighted by atomic mass is 9.96. The van der Waals surface area contributed by atoms with Gasteiger partial charge in [0.1, 0.15) is 12.1 Å². The Balaban J connectivity index is 1.73. The van der Waals surface area contributed by atoms with Gasteiger partial charge in [-0.25, -0.2) is 9.97 Å². The summed E-state index contributed by atoms with van der Waals surface area (Å²) in [5.41, 5.74) is 2.65. The molecule has 0 bridgehead atoms. The smallest absolute Gasteiger partial charge is 0.132 e. The summed E-state index contributed by atoms with van der Waals surface area (Å²) in [6.45, 7) is 3.41. The molecule has 1 N–H and O–H groups in total. The molecule has 0 amide bonds. The van der Waals surface area contributed by atoms with Gasteiger partial charge in [0.15, 0.2) is 0 Å². The third kappa shape index (κ3) is 1.91. The molecule has 2 unspecified atom stereocenters. The second kappa shape index (κ2) is 4.04. The van der Waals surface area contributed by atoms with Crippen molar-refractivity contribution in [1.82, 2.24) is 9.97 Å². The summed E-state index contributed by atoms with van der Waals surface area (Å²) >= 11 is 0. The van der Waals surface area contributed by atoms with E-state index in [4.69, 9.17) is 0 Å². The van der Waals surface area contributed by atoms with Crippen LogP contribution in [0, 0.1) is 11.8 Å². The highest BCUT2D eigenvalue weighted by Gasteiger charge is 2.32. The zero-order chi connectivity index (χ0) is 11.0. The van der Waals surface area contributed by atoms with E-state index in [0.29, 0.717) is 0 Å². The predicted octanol–water partition coefficient (Wildman–Crippen LogP) is 2.42. The first-order chi connectivity index (χ1) is 7.84. The van der Waals surface area contributed by atoms with Gasteiger partial charge < -0.3 is 5.32 Å². The highest BCUT2D eigenvalue weighted by molar-refractivity contribution is 5.47. The maximum Gasteiger partial charge on any atom is 0.132 e. The van der Waals surface area contributed by atoms with Gasteiger partial charge in [-0.05, 0) is 43.9 Å². The molecule has 3 rings (SSSR count). The summed E-state index contributed by atoms with van der Waals surface area (Å²) in [7, 11) is 0. The highest BCUT2D eigenvalue weighted by atomic mass is 15.0. The van der Waals surface area contributed by atoms with E-state index in [2.05, 4.69) is 22.2 Å². The third-order valence-electron chi connectivity index (χ3n) is 3.93. The zero-order valence-corrected chi connectivity index (χ0v) is 9.87. The van der Waals surface area contributed by atoms with Crippen LogP contribution in [0.1, 0.15) is 37.4 Å². The van der Waals surface area contributed by atoms with Crippen molar-refractivity contribution in [3.8, 4) is 0 Å². The molecule has 0 aliphatic heterocycles. The van der Waals surface area contributed by atoms with Crippen LogP contribution in [0.25, 0.3) is 0 Å². The molecule has 16 heavy (non-hydrogen) atoms. The summed E-state index contributed by atoms with van der Waals surface area (Å²) in [6.07, 6.45) is 7.94. The Labute approximate surface area is 96.7 Å². The first-order valence-corrected chi connectivity index (χ1v) is 6.41. The summed E-state index contributed by atoms with van der Waals surface area (Å²) in [5, 5.41) is 3.51. The number of anilines is 1. The lowest BCUT2D eigenvalue weighted by Crippen LogP contribution is -2.13. The van der Waals surface area contributed by atoms with Crippen LogP contribution < -0.4 is 5.32 Å². The summed E-state index contributed by atoms with van der Waals surface area (Å²) in [4.78, 5) is 8.78. The quantitative estimate of drug-likeness (QED) is 0.845. The van der Waals surface area contributed by atoms with Crippen molar-refractivity contribution in [2.45, 2.75) is 39.0 Å². The van der Waals surface area contributed by atoms with Crippen molar-refractivity contribution in [2.75, 3.05) is 11.9 Å². The van der Waals surface area contributed by atoms with E-state index in [0.717, 1.165) is 37.0 Å². The molecular formula is C13H19N3. The van der Waals surface area contributed by atoms with Crippen LogP contribution in [0.4, 0.5) is 5.82 Å². The van der Waals surface area contributed by atoms with Crippen LogP contribution in [0.2, 0.25) is 0 Å². The SMILES string of the molecule is CC1CC1CNc1ncnc2c1CCCC2. The van der Waals surface area contributed by atoms with Gasteiger partial charge in [-0.3, -0.25) is 0 Å². The second-order valence-electron chi connectivity index (χ2n) is 5.21. The zero-order valence-electron chi connectivity index (χ0n) is 9.87. The molecule has 0 spiro atoms. The molecular weight excluding hydrogens is 198 g/mol. The third-order valence-corrected chi connectivity index (χ3v) is 3.93. The first-order valence-electron chi connectivity index (χ1n) is 6.41. The summed E-state index contributed by atoms with van der Waals surface area (Å²) < 4.78 is 0. The number of hydrogen-bond acceptors (Lipinski definition) is 3. The molecule has 0 radical (unpaired) electrons. The monoisotopic (exact) mass is 217 g/mol. The molecule has 1 saturated carbocycles. The fraction of sp³-hybridized carbons (Fsp3) is 0.692. The molecule has 3 heteroatoms. The number of aryl methyl sites for hydroxylation is 1. The molecule has 2 aliphatic rings. The minimum absolute atomic E-state index is 0.870. The van der Waals surface area contributed by atoms with Gasteiger partial charge >= 0.3 is 0 Å². The lowest BCUT2D eigenvalue weighted by Gasteiger charge is -2.17. The van der Waals surface area contributed by atoms with E-state index in [1.807, 2.05) is 0 Å². The number of nitrogens with zero attached hydrogens (tertiary/aromatic N) is 2. The molecule has 86 valence electrons. The molecule has 1 fully saturated rings. The van der Waals surface area contributed by atoms with Crippen LogP contribution in [-0.4, -0.2) is 16.5 Å². The van der Waals surface area contributed by atoms with Crippen LogP contribution >= 0.6 is 0 Å². The predicted molar refractivity (Wildman–Crippen MR) is 64.4 cm³/mol. The van der Waals surface area contributed by atoms with Gasteiger partial charge in [-0.2, -0.15) is 0 Å². The molecule has 1 aromatic heterocycles. The first kappa shape index (κ1) is 10.1. The average Bonchev–Trinajstić information content (AvgIpc) is 3.03. The van der Waals surface area contributed by atoms with Crippen LogP contribution in [-0.2, 0) is 12.8 Å². The number of fused-ring (bicyclic) bond motifs is 1.